The van der Waals surface area contributed by atoms with Crippen LogP contribution in [-0.2, 0) is 30.5 Å². The first-order valence-electron chi connectivity index (χ1n) is 13.8. The first kappa shape index (κ1) is 29.5. The van der Waals surface area contributed by atoms with E-state index >= 15 is 0 Å². The molecule has 0 spiro atoms. The van der Waals surface area contributed by atoms with Crippen molar-refractivity contribution in [3.63, 3.8) is 0 Å². The predicted molar refractivity (Wildman–Crippen MR) is 151 cm³/mol. The number of benzene rings is 3. The fourth-order valence-electron chi connectivity index (χ4n) is 5.36. The number of carbonyl (C=O) groups is 1. The van der Waals surface area contributed by atoms with Crippen molar-refractivity contribution in [3.05, 3.63) is 94.0 Å². The highest BCUT2D eigenvalue weighted by atomic mass is 19.1. The average molecular weight is 553 g/mol. The summed E-state index contributed by atoms with van der Waals surface area (Å²) in [5.41, 5.74) is 4.84. The third kappa shape index (κ3) is 7.79. The van der Waals surface area contributed by atoms with Crippen LogP contribution in [0, 0.1) is 11.6 Å². The van der Waals surface area contributed by atoms with Crippen LogP contribution in [0.3, 0.4) is 0 Å². The molecule has 1 amide bonds. The average Bonchev–Trinajstić information content (AvgIpc) is 2.94. The van der Waals surface area contributed by atoms with Gasteiger partial charge >= 0.3 is 0 Å². The van der Waals surface area contributed by atoms with Gasteiger partial charge in [0.1, 0.15) is 23.1 Å². The van der Waals surface area contributed by atoms with Crippen molar-refractivity contribution in [2.24, 2.45) is 0 Å². The molecule has 0 fully saturated rings. The number of halogens is 2. The molecular formula is C32H38F2N2O4. The molecule has 0 saturated heterocycles. The molecule has 3 aromatic carbocycles. The summed E-state index contributed by atoms with van der Waals surface area (Å²) in [6, 6.07) is 14.3. The third-order valence-corrected chi connectivity index (χ3v) is 7.47. The molecule has 0 bridgehead atoms. The van der Waals surface area contributed by atoms with E-state index in [1.807, 2.05) is 0 Å². The van der Waals surface area contributed by atoms with E-state index in [1.165, 1.54) is 43.0 Å². The number of aliphatic hydroxyl groups excluding tert-OH is 1. The fourth-order valence-corrected chi connectivity index (χ4v) is 5.36. The highest BCUT2D eigenvalue weighted by Crippen LogP contribution is 2.31. The summed E-state index contributed by atoms with van der Waals surface area (Å²) in [4.78, 5) is 13.1. The summed E-state index contributed by atoms with van der Waals surface area (Å²) in [5.74, 6) is -0.649. The molecule has 0 saturated carbocycles. The Labute approximate surface area is 234 Å². The first-order chi connectivity index (χ1) is 19.3. The van der Waals surface area contributed by atoms with Crippen molar-refractivity contribution in [2.45, 2.75) is 63.6 Å². The van der Waals surface area contributed by atoms with Crippen LogP contribution < -0.4 is 20.1 Å². The lowest BCUT2D eigenvalue weighted by Crippen LogP contribution is -2.49. The van der Waals surface area contributed by atoms with Gasteiger partial charge in [-0.15, -0.1) is 0 Å². The van der Waals surface area contributed by atoms with Gasteiger partial charge in [-0.1, -0.05) is 25.1 Å². The largest absolute Gasteiger partial charge is 0.497 e. The Kier molecular flexibility index (Phi) is 10.1. The number of nitrogens with one attached hydrogen (secondary N) is 2. The second kappa shape index (κ2) is 13.7. The summed E-state index contributed by atoms with van der Waals surface area (Å²) >= 11 is 0. The Balaban J connectivity index is 1.49. The highest BCUT2D eigenvalue weighted by Gasteiger charge is 2.26. The van der Waals surface area contributed by atoms with Crippen LogP contribution in [0.25, 0.3) is 0 Å². The maximum Gasteiger partial charge on any atom is 0.224 e. The molecule has 6 nitrogen and oxygen atoms in total. The Morgan fingerprint density at radius 2 is 1.68 bits per heavy atom. The molecule has 0 aromatic heterocycles. The van der Waals surface area contributed by atoms with Gasteiger partial charge in [-0.3, -0.25) is 4.79 Å². The second-order valence-corrected chi connectivity index (χ2v) is 10.4. The van der Waals surface area contributed by atoms with E-state index in [9.17, 15) is 18.7 Å². The molecule has 1 aliphatic carbocycles. The molecule has 0 heterocycles. The number of aryl methyl sites for hydroxylation is 2. The molecule has 3 N–H and O–H groups in total. The van der Waals surface area contributed by atoms with Gasteiger partial charge in [-0.2, -0.15) is 0 Å². The van der Waals surface area contributed by atoms with Crippen LogP contribution in [0.15, 0.2) is 54.6 Å². The van der Waals surface area contributed by atoms with Gasteiger partial charge in [-0.25, -0.2) is 8.78 Å². The van der Waals surface area contributed by atoms with Gasteiger partial charge in [0, 0.05) is 24.7 Å². The molecule has 214 valence electrons. The molecule has 8 heteroatoms. The standard InChI is InChI=1S/C32H38F2N2O4/c1-4-20-8-9-23-6-5-7-29(28(23)14-20)35-19-31(37)30(15-21-10-24(33)17-25(34)11-21)36-32(38)16-22-12-26(39-2)18-27(13-22)40-3/h8-14,17-18,29-31,35,37H,4-7,15-16,19H2,1-3H3,(H,36,38)/t29-,30-,31-/m1/s1. The van der Waals surface area contributed by atoms with Crippen LogP contribution in [0.1, 0.15) is 53.6 Å². The molecule has 0 radical (unpaired) electrons. The van der Waals surface area contributed by atoms with E-state index in [2.05, 4.69) is 35.8 Å². The van der Waals surface area contributed by atoms with Crippen LogP contribution in [0.5, 0.6) is 11.5 Å². The second-order valence-electron chi connectivity index (χ2n) is 10.4. The van der Waals surface area contributed by atoms with E-state index < -0.39 is 23.8 Å². The molecule has 0 aliphatic heterocycles. The lowest BCUT2D eigenvalue weighted by molar-refractivity contribution is -0.122. The molecular weight excluding hydrogens is 514 g/mol. The minimum Gasteiger partial charge on any atom is -0.497 e. The summed E-state index contributed by atoms with van der Waals surface area (Å²) in [6.45, 7) is 2.33. The number of ether oxygens (including phenoxy) is 2. The molecule has 0 unspecified atom stereocenters. The van der Waals surface area contributed by atoms with Crippen LogP contribution in [-0.4, -0.2) is 43.9 Å². The normalized spacial score (nSPS) is 16.1. The van der Waals surface area contributed by atoms with Crippen molar-refractivity contribution in [1.82, 2.24) is 10.6 Å². The monoisotopic (exact) mass is 552 g/mol. The third-order valence-electron chi connectivity index (χ3n) is 7.47. The van der Waals surface area contributed by atoms with Crippen molar-refractivity contribution in [1.29, 1.82) is 0 Å². The van der Waals surface area contributed by atoms with Crippen molar-refractivity contribution in [2.75, 3.05) is 20.8 Å². The Morgan fingerprint density at radius 1 is 0.975 bits per heavy atom. The SMILES string of the molecule is CCc1ccc2c(c1)[C@H](NC[C@@H](O)[C@@H](Cc1cc(F)cc(F)c1)NC(=O)Cc1cc(OC)cc(OC)c1)CCC2. The topological polar surface area (TPSA) is 79.8 Å². The first-order valence-corrected chi connectivity index (χ1v) is 13.8. The van der Waals surface area contributed by atoms with E-state index in [1.54, 1.807) is 18.2 Å². The Hall–Kier alpha value is -3.49. The predicted octanol–water partition coefficient (Wildman–Crippen LogP) is 4.84. The molecule has 40 heavy (non-hydrogen) atoms. The fraction of sp³-hybridized carbons (Fsp3) is 0.406. The number of rotatable bonds is 12. The van der Waals surface area contributed by atoms with Gasteiger partial charge in [0.05, 0.1) is 32.8 Å². The number of hydrogen-bond acceptors (Lipinski definition) is 5. The molecule has 3 aromatic rings. The van der Waals surface area contributed by atoms with Crippen LogP contribution in [0.4, 0.5) is 8.78 Å². The zero-order valence-electron chi connectivity index (χ0n) is 23.3. The molecule has 4 rings (SSSR count). The number of amides is 1. The van der Waals surface area contributed by atoms with Crippen LogP contribution in [0.2, 0.25) is 0 Å². The zero-order valence-corrected chi connectivity index (χ0v) is 23.3. The van der Waals surface area contributed by atoms with E-state index in [-0.39, 0.29) is 31.3 Å². The number of aliphatic hydroxyl groups is 1. The van der Waals surface area contributed by atoms with Crippen molar-refractivity contribution < 1.29 is 28.2 Å². The summed E-state index contributed by atoms with van der Waals surface area (Å²) in [5, 5.41) is 17.6. The van der Waals surface area contributed by atoms with Crippen LogP contribution >= 0.6 is 0 Å². The van der Waals surface area contributed by atoms with Crippen molar-refractivity contribution >= 4 is 5.91 Å². The van der Waals surface area contributed by atoms with E-state index in [4.69, 9.17) is 9.47 Å². The van der Waals surface area contributed by atoms with Gasteiger partial charge < -0.3 is 25.2 Å². The highest BCUT2D eigenvalue weighted by molar-refractivity contribution is 5.79. The number of methoxy groups -OCH3 is 2. The Morgan fingerprint density at radius 3 is 2.33 bits per heavy atom. The smallest absolute Gasteiger partial charge is 0.224 e. The lowest BCUT2D eigenvalue weighted by atomic mass is 9.86. The minimum atomic E-state index is -1.00. The van der Waals surface area contributed by atoms with Crippen molar-refractivity contribution in [3.8, 4) is 11.5 Å². The van der Waals surface area contributed by atoms with E-state index in [0.29, 0.717) is 22.6 Å². The van der Waals surface area contributed by atoms with Gasteiger partial charge in [0.15, 0.2) is 0 Å². The maximum absolute atomic E-state index is 13.9. The maximum atomic E-state index is 13.9. The summed E-state index contributed by atoms with van der Waals surface area (Å²) < 4.78 is 38.5. The minimum absolute atomic E-state index is 0.0114. The molecule has 3 atom stereocenters. The zero-order chi connectivity index (χ0) is 28.6. The van der Waals surface area contributed by atoms with Gasteiger partial charge in [0.25, 0.3) is 0 Å². The lowest BCUT2D eigenvalue weighted by Gasteiger charge is -2.30. The van der Waals surface area contributed by atoms with Gasteiger partial charge in [0.2, 0.25) is 5.91 Å². The number of carbonyl (C=O) groups excluding carboxylic acids is 1. The Bertz CT molecular complexity index is 1270. The quantitative estimate of drug-likeness (QED) is 0.300. The molecule has 1 aliphatic rings. The summed E-state index contributed by atoms with van der Waals surface area (Å²) in [6.07, 6.45) is 3.02. The van der Waals surface area contributed by atoms with Gasteiger partial charge in [-0.05, 0) is 84.2 Å². The van der Waals surface area contributed by atoms with E-state index in [0.717, 1.165) is 31.7 Å². The number of hydrogen-bond donors (Lipinski definition) is 3. The number of fused-ring (bicyclic) bond motifs is 1. The summed E-state index contributed by atoms with van der Waals surface area (Å²) in [7, 11) is 3.06.